The van der Waals surface area contributed by atoms with Crippen LogP contribution in [0.25, 0.3) is 10.9 Å². The molecule has 2 aromatic carbocycles. The summed E-state index contributed by atoms with van der Waals surface area (Å²) in [6, 6.07) is 15.0. The zero-order valence-electron chi connectivity index (χ0n) is 18.6. The van der Waals surface area contributed by atoms with Crippen molar-refractivity contribution in [3.8, 4) is 0 Å². The third-order valence-corrected chi connectivity index (χ3v) is 5.13. The lowest BCUT2D eigenvalue weighted by molar-refractivity contribution is -0.119. The van der Waals surface area contributed by atoms with Crippen molar-refractivity contribution in [2.24, 2.45) is 0 Å². The van der Waals surface area contributed by atoms with Gasteiger partial charge < -0.3 is 15.0 Å². The number of anilines is 2. The number of benzene rings is 2. The van der Waals surface area contributed by atoms with Crippen LogP contribution in [0.5, 0.6) is 0 Å². The van der Waals surface area contributed by atoms with Crippen LogP contribution in [0.1, 0.15) is 41.9 Å². The minimum atomic E-state index is -0.495. The van der Waals surface area contributed by atoms with E-state index < -0.39 is 5.97 Å². The van der Waals surface area contributed by atoms with E-state index >= 15 is 0 Å². The number of rotatable bonds is 8. The zero-order chi connectivity index (χ0) is 22.4. The molecule has 0 saturated carbocycles. The molecule has 0 aliphatic heterocycles. The minimum absolute atomic E-state index is 0.350. The number of nitrogens with one attached hydrogen (secondary N) is 1. The number of aromatic nitrogens is 1. The lowest BCUT2D eigenvalue weighted by atomic mass is 9.96. The molecule has 1 heterocycles. The molecular formula is C25H29N3O3. The highest BCUT2D eigenvalue weighted by Gasteiger charge is 2.21. The topological polar surface area (TPSA) is 71.5 Å². The van der Waals surface area contributed by atoms with E-state index in [2.05, 4.69) is 12.2 Å². The number of carbonyl (C=O) groups excluding carboxylic acids is 2. The average molecular weight is 420 g/mol. The Labute approximate surface area is 183 Å². The molecular weight excluding hydrogens is 390 g/mol. The molecule has 31 heavy (non-hydrogen) atoms. The quantitative estimate of drug-likeness (QED) is 0.540. The van der Waals surface area contributed by atoms with E-state index in [1.165, 1.54) is 0 Å². The number of esters is 1. The molecule has 3 rings (SSSR count). The summed E-state index contributed by atoms with van der Waals surface area (Å²) >= 11 is 0. The highest BCUT2D eigenvalue weighted by atomic mass is 16.5. The number of fused-ring (bicyclic) bond motifs is 1. The molecule has 1 N–H and O–H groups in total. The number of para-hydroxylation sites is 1. The Hall–Kier alpha value is -3.41. The summed E-state index contributed by atoms with van der Waals surface area (Å²) in [7, 11) is 3.90. The van der Waals surface area contributed by atoms with Gasteiger partial charge in [-0.3, -0.25) is 9.78 Å². The van der Waals surface area contributed by atoms with Gasteiger partial charge in [-0.05, 0) is 48.7 Å². The van der Waals surface area contributed by atoms with E-state index in [0.29, 0.717) is 17.7 Å². The van der Waals surface area contributed by atoms with Crippen molar-refractivity contribution in [2.45, 2.75) is 33.1 Å². The number of pyridine rings is 1. The van der Waals surface area contributed by atoms with Crippen LogP contribution in [-0.2, 0) is 22.4 Å². The van der Waals surface area contributed by atoms with Crippen molar-refractivity contribution in [3.63, 3.8) is 0 Å². The Balaban J connectivity index is 1.77. The van der Waals surface area contributed by atoms with Gasteiger partial charge in [0.2, 0.25) is 0 Å². The van der Waals surface area contributed by atoms with Gasteiger partial charge in [0.05, 0.1) is 11.1 Å². The summed E-state index contributed by atoms with van der Waals surface area (Å²) in [4.78, 5) is 32.1. The number of nitrogens with zero attached hydrogens (tertiary/aromatic N) is 2. The fraction of sp³-hybridized carbons (Fsp3) is 0.320. The summed E-state index contributed by atoms with van der Waals surface area (Å²) < 4.78 is 5.42. The molecule has 0 radical (unpaired) electrons. The lowest BCUT2D eigenvalue weighted by Gasteiger charge is -2.15. The van der Waals surface area contributed by atoms with Gasteiger partial charge in [-0.25, -0.2) is 4.79 Å². The second-order valence-corrected chi connectivity index (χ2v) is 7.60. The Kier molecular flexibility index (Phi) is 7.23. The van der Waals surface area contributed by atoms with Crippen LogP contribution >= 0.6 is 0 Å². The normalized spacial score (nSPS) is 10.7. The molecule has 0 bridgehead atoms. The fourth-order valence-electron chi connectivity index (χ4n) is 3.60. The smallest absolute Gasteiger partial charge is 0.339 e. The van der Waals surface area contributed by atoms with Crippen molar-refractivity contribution < 1.29 is 14.3 Å². The van der Waals surface area contributed by atoms with Crippen molar-refractivity contribution in [2.75, 3.05) is 30.9 Å². The van der Waals surface area contributed by atoms with Crippen LogP contribution in [0.15, 0.2) is 48.5 Å². The molecule has 0 unspecified atom stereocenters. The molecule has 6 heteroatoms. The first kappa shape index (κ1) is 22.3. The molecule has 162 valence electrons. The van der Waals surface area contributed by atoms with Crippen LogP contribution < -0.4 is 10.2 Å². The van der Waals surface area contributed by atoms with Crippen LogP contribution in [0, 0.1) is 0 Å². The molecule has 1 aromatic heterocycles. The third-order valence-electron chi connectivity index (χ3n) is 5.13. The highest BCUT2D eigenvalue weighted by molar-refractivity contribution is 6.06. The maximum atomic E-state index is 13.0. The number of hydrogen-bond acceptors (Lipinski definition) is 5. The van der Waals surface area contributed by atoms with Crippen molar-refractivity contribution in [1.82, 2.24) is 4.98 Å². The van der Waals surface area contributed by atoms with E-state index in [0.717, 1.165) is 40.7 Å². The standard InChI is InChI=1S/C25H29N3O3/c1-5-9-21-19(6-2)24(20-10-7-8-11-22(20)27-21)25(30)31-16-23(29)26-17-12-14-18(15-13-17)28(3)4/h7-8,10-15H,5-6,9,16H2,1-4H3,(H,26,29). The van der Waals surface area contributed by atoms with Gasteiger partial charge in [-0.15, -0.1) is 0 Å². The van der Waals surface area contributed by atoms with Crippen LogP contribution in [-0.4, -0.2) is 37.6 Å². The van der Waals surface area contributed by atoms with Crippen molar-refractivity contribution in [1.29, 1.82) is 0 Å². The molecule has 0 aliphatic carbocycles. The first-order valence-corrected chi connectivity index (χ1v) is 10.6. The monoisotopic (exact) mass is 419 g/mol. The minimum Gasteiger partial charge on any atom is -0.452 e. The second kappa shape index (κ2) is 10.1. The van der Waals surface area contributed by atoms with Gasteiger partial charge >= 0.3 is 5.97 Å². The van der Waals surface area contributed by atoms with Gasteiger partial charge in [-0.1, -0.05) is 38.5 Å². The summed E-state index contributed by atoms with van der Waals surface area (Å²) in [5, 5.41) is 3.52. The summed E-state index contributed by atoms with van der Waals surface area (Å²) in [6.45, 7) is 3.74. The van der Waals surface area contributed by atoms with Gasteiger partial charge in [0, 0.05) is 36.6 Å². The first-order valence-electron chi connectivity index (χ1n) is 10.6. The molecule has 6 nitrogen and oxygen atoms in total. The number of ether oxygens (including phenoxy) is 1. The lowest BCUT2D eigenvalue weighted by Crippen LogP contribution is -2.22. The van der Waals surface area contributed by atoms with E-state index in [-0.39, 0.29) is 12.5 Å². The molecule has 0 fully saturated rings. The summed E-state index contributed by atoms with van der Waals surface area (Å²) in [5.41, 5.74) is 4.77. The second-order valence-electron chi connectivity index (χ2n) is 7.60. The van der Waals surface area contributed by atoms with Gasteiger partial charge in [0.15, 0.2) is 6.61 Å². The molecule has 3 aromatic rings. The Morgan fingerprint density at radius 2 is 1.74 bits per heavy atom. The molecule has 1 amide bonds. The number of carbonyl (C=O) groups is 2. The van der Waals surface area contributed by atoms with E-state index in [1.807, 2.05) is 74.4 Å². The van der Waals surface area contributed by atoms with Gasteiger partial charge in [-0.2, -0.15) is 0 Å². The van der Waals surface area contributed by atoms with E-state index in [4.69, 9.17) is 9.72 Å². The Morgan fingerprint density at radius 3 is 2.39 bits per heavy atom. The SMILES string of the molecule is CCCc1nc2ccccc2c(C(=O)OCC(=O)Nc2ccc(N(C)C)cc2)c1CC. The number of amides is 1. The fourth-order valence-corrected chi connectivity index (χ4v) is 3.60. The van der Waals surface area contributed by atoms with Gasteiger partial charge in [0.1, 0.15) is 0 Å². The Bertz CT molecular complexity index is 1080. The maximum Gasteiger partial charge on any atom is 0.339 e. The number of hydrogen-bond donors (Lipinski definition) is 1. The molecule has 0 saturated heterocycles. The van der Waals surface area contributed by atoms with Gasteiger partial charge in [0.25, 0.3) is 5.91 Å². The zero-order valence-corrected chi connectivity index (χ0v) is 18.6. The predicted molar refractivity (Wildman–Crippen MR) is 125 cm³/mol. The average Bonchev–Trinajstić information content (AvgIpc) is 2.77. The summed E-state index contributed by atoms with van der Waals surface area (Å²) in [6.07, 6.45) is 2.39. The van der Waals surface area contributed by atoms with Crippen molar-refractivity contribution >= 4 is 34.2 Å². The van der Waals surface area contributed by atoms with E-state index in [9.17, 15) is 9.59 Å². The van der Waals surface area contributed by atoms with E-state index in [1.54, 1.807) is 0 Å². The molecule has 0 atom stereocenters. The first-order chi connectivity index (χ1) is 14.9. The third kappa shape index (κ3) is 5.20. The molecule has 0 aliphatic rings. The molecule has 0 spiro atoms. The van der Waals surface area contributed by atoms with Crippen LogP contribution in [0.2, 0.25) is 0 Å². The van der Waals surface area contributed by atoms with Crippen LogP contribution in [0.3, 0.4) is 0 Å². The predicted octanol–water partition coefficient (Wildman–Crippen LogP) is 4.61. The van der Waals surface area contributed by atoms with Crippen molar-refractivity contribution in [3.05, 3.63) is 65.4 Å². The largest absolute Gasteiger partial charge is 0.452 e. The van der Waals surface area contributed by atoms with Crippen LogP contribution in [0.4, 0.5) is 11.4 Å². The maximum absolute atomic E-state index is 13.0. The highest BCUT2D eigenvalue weighted by Crippen LogP contribution is 2.26. The number of aryl methyl sites for hydroxylation is 1. The Morgan fingerprint density at radius 1 is 1.03 bits per heavy atom. The summed E-state index contributed by atoms with van der Waals surface area (Å²) in [5.74, 6) is -0.873.